The van der Waals surface area contributed by atoms with E-state index in [0.29, 0.717) is 19.4 Å². The summed E-state index contributed by atoms with van der Waals surface area (Å²) in [6.45, 7) is 0.553. The van der Waals surface area contributed by atoms with Crippen molar-refractivity contribution < 1.29 is 19.4 Å². The fourth-order valence-electron chi connectivity index (χ4n) is 1.89. The molecule has 0 bridgehead atoms. The first-order valence-corrected chi connectivity index (χ1v) is 6.73. The Morgan fingerprint density at radius 3 is 2.83 bits per heavy atom. The molecule has 1 fully saturated rings. The number of ether oxygens (including phenoxy) is 1. The van der Waals surface area contributed by atoms with Crippen molar-refractivity contribution in [3.05, 3.63) is 22.4 Å². The van der Waals surface area contributed by atoms with Crippen molar-refractivity contribution >= 4 is 23.2 Å². The van der Waals surface area contributed by atoms with Crippen LogP contribution in [0.2, 0.25) is 0 Å². The van der Waals surface area contributed by atoms with Gasteiger partial charge in [0.05, 0.1) is 0 Å². The average molecular weight is 269 g/mol. The predicted molar refractivity (Wildman–Crippen MR) is 66.6 cm³/mol. The molecule has 0 aliphatic carbocycles. The zero-order valence-electron chi connectivity index (χ0n) is 9.80. The van der Waals surface area contributed by atoms with Crippen LogP contribution < -0.4 is 5.32 Å². The number of carboxylic acid groups (broad SMARTS) is 1. The van der Waals surface area contributed by atoms with Crippen LogP contribution in [0.15, 0.2) is 17.5 Å². The van der Waals surface area contributed by atoms with E-state index in [-0.39, 0.29) is 5.91 Å². The Balaban J connectivity index is 1.71. The lowest BCUT2D eigenvalue weighted by Gasteiger charge is -2.11. The second-order valence-corrected chi connectivity index (χ2v) is 5.18. The Kier molecular flexibility index (Phi) is 4.33. The first-order chi connectivity index (χ1) is 8.66. The molecule has 2 N–H and O–H groups in total. The lowest BCUT2D eigenvalue weighted by atomic mass is 10.2. The Morgan fingerprint density at radius 2 is 2.22 bits per heavy atom. The van der Waals surface area contributed by atoms with Crippen LogP contribution in [0.3, 0.4) is 0 Å². The van der Waals surface area contributed by atoms with Crippen molar-refractivity contribution in [2.75, 3.05) is 6.54 Å². The van der Waals surface area contributed by atoms with E-state index in [9.17, 15) is 9.59 Å². The highest BCUT2D eigenvalue weighted by Gasteiger charge is 2.34. The summed E-state index contributed by atoms with van der Waals surface area (Å²) in [7, 11) is 0. The first kappa shape index (κ1) is 13.0. The number of carboxylic acids is 1. The van der Waals surface area contributed by atoms with Gasteiger partial charge in [0.1, 0.15) is 6.10 Å². The Labute approximate surface area is 109 Å². The molecule has 6 heteroatoms. The van der Waals surface area contributed by atoms with E-state index in [1.54, 1.807) is 11.3 Å². The molecule has 0 spiro atoms. The van der Waals surface area contributed by atoms with Crippen LogP contribution in [0.4, 0.5) is 0 Å². The van der Waals surface area contributed by atoms with Gasteiger partial charge >= 0.3 is 5.97 Å². The van der Waals surface area contributed by atoms with Crippen molar-refractivity contribution in [2.45, 2.75) is 31.5 Å². The summed E-state index contributed by atoms with van der Waals surface area (Å²) in [5.74, 6) is -1.21. The number of amides is 1. The second kappa shape index (κ2) is 5.97. The molecule has 1 aromatic rings. The smallest absolute Gasteiger partial charge is 0.332 e. The molecule has 5 nitrogen and oxygen atoms in total. The van der Waals surface area contributed by atoms with Crippen molar-refractivity contribution in [1.29, 1.82) is 0 Å². The Bertz CT molecular complexity index is 418. The lowest BCUT2D eigenvalue weighted by molar-refractivity contribution is -0.151. The number of rotatable bonds is 5. The number of aliphatic carboxylic acids is 1. The number of hydrogen-bond acceptors (Lipinski definition) is 4. The fraction of sp³-hybridized carbons (Fsp3) is 0.500. The molecule has 2 heterocycles. The molecular weight excluding hydrogens is 254 g/mol. The highest BCUT2D eigenvalue weighted by atomic mass is 32.1. The molecule has 2 unspecified atom stereocenters. The van der Waals surface area contributed by atoms with Gasteiger partial charge in [0.25, 0.3) is 0 Å². The van der Waals surface area contributed by atoms with Crippen LogP contribution in [0.1, 0.15) is 17.7 Å². The maximum Gasteiger partial charge on any atom is 0.332 e. The van der Waals surface area contributed by atoms with Crippen molar-refractivity contribution in [1.82, 2.24) is 5.32 Å². The van der Waals surface area contributed by atoms with Crippen LogP contribution in [0.5, 0.6) is 0 Å². The number of nitrogens with one attached hydrogen (secondary N) is 1. The van der Waals surface area contributed by atoms with Gasteiger partial charge in [-0.2, -0.15) is 0 Å². The fourth-order valence-corrected chi connectivity index (χ4v) is 2.60. The highest BCUT2D eigenvalue weighted by molar-refractivity contribution is 7.09. The zero-order chi connectivity index (χ0) is 13.0. The van der Waals surface area contributed by atoms with E-state index in [1.165, 1.54) is 4.88 Å². The van der Waals surface area contributed by atoms with Crippen LogP contribution in [0.25, 0.3) is 0 Å². The molecule has 2 atom stereocenters. The average Bonchev–Trinajstić information content (AvgIpc) is 2.99. The normalized spacial score (nSPS) is 22.9. The topological polar surface area (TPSA) is 75.6 Å². The SMILES string of the molecule is O=C(O)C1CCC(C(=O)NCCc2cccs2)O1. The van der Waals surface area contributed by atoms with Gasteiger partial charge in [0.15, 0.2) is 6.10 Å². The molecule has 2 rings (SSSR count). The quantitative estimate of drug-likeness (QED) is 0.837. The summed E-state index contributed by atoms with van der Waals surface area (Å²) in [6, 6.07) is 3.99. The Morgan fingerprint density at radius 1 is 1.44 bits per heavy atom. The molecule has 98 valence electrons. The third kappa shape index (κ3) is 3.30. The molecule has 0 radical (unpaired) electrons. The van der Waals surface area contributed by atoms with E-state index in [1.807, 2.05) is 17.5 Å². The van der Waals surface area contributed by atoms with Gasteiger partial charge in [0.2, 0.25) is 5.91 Å². The molecule has 1 saturated heterocycles. The van der Waals surface area contributed by atoms with Gasteiger partial charge in [0, 0.05) is 11.4 Å². The summed E-state index contributed by atoms with van der Waals surface area (Å²) >= 11 is 1.65. The summed E-state index contributed by atoms with van der Waals surface area (Å²) in [5.41, 5.74) is 0. The summed E-state index contributed by atoms with van der Waals surface area (Å²) in [4.78, 5) is 23.6. The molecule has 1 aliphatic rings. The number of carbonyl (C=O) groups excluding carboxylic acids is 1. The van der Waals surface area contributed by atoms with E-state index < -0.39 is 18.2 Å². The van der Waals surface area contributed by atoms with Crippen molar-refractivity contribution in [3.8, 4) is 0 Å². The van der Waals surface area contributed by atoms with Crippen LogP contribution in [-0.2, 0) is 20.7 Å². The molecule has 1 aromatic heterocycles. The highest BCUT2D eigenvalue weighted by Crippen LogP contribution is 2.19. The molecule has 1 aliphatic heterocycles. The van der Waals surface area contributed by atoms with Gasteiger partial charge in [-0.05, 0) is 30.7 Å². The van der Waals surface area contributed by atoms with E-state index in [0.717, 1.165) is 6.42 Å². The minimum atomic E-state index is -0.996. The van der Waals surface area contributed by atoms with Crippen LogP contribution in [-0.4, -0.2) is 35.7 Å². The molecule has 0 saturated carbocycles. The predicted octanol–water partition coefficient (Wildman–Crippen LogP) is 1.04. The first-order valence-electron chi connectivity index (χ1n) is 5.85. The third-order valence-corrected chi connectivity index (χ3v) is 3.77. The summed E-state index contributed by atoms with van der Waals surface area (Å²) < 4.78 is 5.16. The van der Waals surface area contributed by atoms with Crippen molar-refractivity contribution in [2.24, 2.45) is 0 Å². The Hall–Kier alpha value is -1.40. The van der Waals surface area contributed by atoms with Gasteiger partial charge < -0.3 is 15.2 Å². The number of hydrogen-bond donors (Lipinski definition) is 2. The lowest BCUT2D eigenvalue weighted by Crippen LogP contribution is -2.36. The van der Waals surface area contributed by atoms with E-state index in [2.05, 4.69) is 5.32 Å². The zero-order valence-corrected chi connectivity index (χ0v) is 10.6. The molecule has 18 heavy (non-hydrogen) atoms. The number of carbonyl (C=O) groups is 2. The largest absolute Gasteiger partial charge is 0.479 e. The van der Waals surface area contributed by atoms with Crippen molar-refractivity contribution in [3.63, 3.8) is 0 Å². The van der Waals surface area contributed by atoms with E-state index in [4.69, 9.17) is 9.84 Å². The number of thiophene rings is 1. The summed E-state index contributed by atoms with van der Waals surface area (Å²) in [6.07, 6.45) is 0.214. The molecule has 0 aromatic carbocycles. The van der Waals surface area contributed by atoms with Crippen LogP contribution >= 0.6 is 11.3 Å². The third-order valence-electron chi connectivity index (χ3n) is 2.84. The monoisotopic (exact) mass is 269 g/mol. The maximum absolute atomic E-state index is 11.7. The molecule has 1 amide bonds. The minimum absolute atomic E-state index is 0.213. The standard InChI is InChI=1S/C12H15NO4S/c14-11(9-3-4-10(17-9)12(15)16)13-6-5-8-2-1-7-18-8/h1-2,7,9-10H,3-6H2,(H,13,14)(H,15,16). The summed E-state index contributed by atoms with van der Waals surface area (Å²) in [5, 5.41) is 13.5. The molecular formula is C12H15NO4S. The van der Waals surface area contributed by atoms with Gasteiger partial charge in [-0.3, -0.25) is 4.79 Å². The van der Waals surface area contributed by atoms with E-state index >= 15 is 0 Å². The van der Waals surface area contributed by atoms with Gasteiger partial charge in [-0.25, -0.2) is 4.79 Å². The van der Waals surface area contributed by atoms with Gasteiger partial charge in [-0.1, -0.05) is 6.07 Å². The van der Waals surface area contributed by atoms with Crippen LogP contribution in [0, 0.1) is 0 Å². The minimum Gasteiger partial charge on any atom is -0.479 e. The van der Waals surface area contributed by atoms with Gasteiger partial charge in [-0.15, -0.1) is 11.3 Å². The maximum atomic E-state index is 11.7. The second-order valence-electron chi connectivity index (χ2n) is 4.15.